The van der Waals surface area contributed by atoms with E-state index in [1.54, 1.807) is 24.5 Å². The fourth-order valence-electron chi connectivity index (χ4n) is 2.66. The molecule has 2 aromatic heterocycles. The third-order valence-electron chi connectivity index (χ3n) is 4.14. The highest BCUT2D eigenvalue weighted by Gasteiger charge is 2.11. The summed E-state index contributed by atoms with van der Waals surface area (Å²) in [5.74, 6) is 1.00. The van der Waals surface area contributed by atoms with Gasteiger partial charge in [0.2, 0.25) is 5.95 Å². The number of pyridine rings is 1. The lowest BCUT2D eigenvalue weighted by atomic mass is 10.1. The molecule has 0 saturated heterocycles. The molecule has 3 aromatic rings. The molecule has 0 spiro atoms. The summed E-state index contributed by atoms with van der Waals surface area (Å²) in [6.07, 6.45) is 4.35. The van der Waals surface area contributed by atoms with Crippen LogP contribution in [-0.2, 0) is 0 Å². The minimum absolute atomic E-state index is 0.0293. The number of rotatable bonds is 8. The highest BCUT2D eigenvalue weighted by atomic mass is 35.5. The van der Waals surface area contributed by atoms with Crippen molar-refractivity contribution in [3.63, 3.8) is 0 Å². The van der Waals surface area contributed by atoms with E-state index in [0.717, 1.165) is 30.6 Å². The van der Waals surface area contributed by atoms with Crippen molar-refractivity contribution >= 4 is 34.9 Å². The number of anilines is 4. The molecule has 0 amide bonds. The molecule has 3 rings (SSSR count). The summed E-state index contributed by atoms with van der Waals surface area (Å²) in [6.45, 7) is 1.70. The Morgan fingerprint density at radius 3 is 2.66 bits per heavy atom. The summed E-state index contributed by atoms with van der Waals surface area (Å²) in [5.41, 5.74) is 7.95. The third-order valence-corrected chi connectivity index (χ3v) is 4.43. The van der Waals surface area contributed by atoms with Crippen molar-refractivity contribution in [2.75, 3.05) is 43.6 Å². The van der Waals surface area contributed by atoms with Gasteiger partial charge in [0, 0.05) is 35.8 Å². The first-order valence-corrected chi connectivity index (χ1v) is 9.50. The maximum absolute atomic E-state index is 13.4. The molecule has 1 aromatic carbocycles. The summed E-state index contributed by atoms with van der Waals surface area (Å²) in [7, 11) is 4.07. The molecule has 2 heterocycles. The molecular formula is C20H23ClFN7. The molecule has 9 heteroatoms. The van der Waals surface area contributed by atoms with Crippen LogP contribution in [0.5, 0.6) is 0 Å². The molecule has 0 radical (unpaired) electrons. The second kappa shape index (κ2) is 9.49. The first-order valence-electron chi connectivity index (χ1n) is 9.12. The number of nitrogens with zero attached hydrogens (tertiary/aromatic N) is 4. The Bertz CT molecular complexity index is 964. The van der Waals surface area contributed by atoms with Gasteiger partial charge in [-0.3, -0.25) is 0 Å². The van der Waals surface area contributed by atoms with Crippen LogP contribution in [0, 0.1) is 5.82 Å². The van der Waals surface area contributed by atoms with Crippen molar-refractivity contribution in [2.24, 2.45) is 0 Å². The Morgan fingerprint density at radius 2 is 1.97 bits per heavy atom. The molecule has 0 saturated carbocycles. The minimum Gasteiger partial charge on any atom is -0.384 e. The van der Waals surface area contributed by atoms with Crippen molar-refractivity contribution in [2.45, 2.75) is 6.42 Å². The Kier molecular flexibility index (Phi) is 6.79. The van der Waals surface area contributed by atoms with E-state index < -0.39 is 5.82 Å². The second-order valence-electron chi connectivity index (χ2n) is 6.77. The van der Waals surface area contributed by atoms with Gasteiger partial charge in [0.25, 0.3) is 0 Å². The van der Waals surface area contributed by atoms with Gasteiger partial charge in [0.1, 0.15) is 17.5 Å². The molecular weight excluding hydrogens is 393 g/mol. The SMILES string of the molecule is CN(C)CCCNc1nc(Nc2ccc(F)c(Cl)c2)ncc1-c1ccc(N)nc1. The molecule has 152 valence electrons. The normalized spacial score (nSPS) is 10.9. The Morgan fingerprint density at radius 1 is 1.14 bits per heavy atom. The summed E-state index contributed by atoms with van der Waals surface area (Å²) in [5, 5.41) is 6.45. The van der Waals surface area contributed by atoms with Crippen LogP contribution in [-0.4, -0.2) is 47.0 Å². The maximum Gasteiger partial charge on any atom is 0.229 e. The Labute approximate surface area is 174 Å². The van der Waals surface area contributed by atoms with E-state index in [1.165, 1.54) is 12.1 Å². The van der Waals surface area contributed by atoms with Gasteiger partial charge >= 0.3 is 0 Å². The Hall–Kier alpha value is -2.97. The number of benzene rings is 1. The minimum atomic E-state index is -0.479. The van der Waals surface area contributed by atoms with Crippen molar-refractivity contribution in [3.8, 4) is 11.1 Å². The standard InChI is InChI=1S/C20H23ClFN7/c1-29(2)9-3-8-24-19-15(13-4-7-18(23)25-11-13)12-26-20(28-19)27-14-5-6-17(22)16(21)10-14/h4-7,10-12H,3,8-9H2,1-2H3,(H2,23,25)(H2,24,26,27,28). The van der Waals surface area contributed by atoms with E-state index in [-0.39, 0.29) is 5.02 Å². The van der Waals surface area contributed by atoms with Crippen LogP contribution in [0.1, 0.15) is 6.42 Å². The van der Waals surface area contributed by atoms with Crippen LogP contribution in [0.4, 0.5) is 27.7 Å². The number of nitrogens with two attached hydrogens (primary N) is 1. The van der Waals surface area contributed by atoms with Gasteiger partial charge in [-0.15, -0.1) is 0 Å². The first kappa shape index (κ1) is 20.8. The summed E-state index contributed by atoms with van der Waals surface area (Å²) < 4.78 is 13.4. The van der Waals surface area contributed by atoms with E-state index in [4.69, 9.17) is 17.3 Å². The van der Waals surface area contributed by atoms with Crippen LogP contribution in [0.3, 0.4) is 0 Å². The molecule has 0 unspecified atom stereocenters. The zero-order valence-corrected chi connectivity index (χ0v) is 17.0. The monoisotopic (exact) mass is 415 g/mol. The molecule has 0 atom stereocenters. The maximum atomic E-state index is 13.4. The predicted molar refractivity (Wildman–Crippen MR) is 116 cm³/mol. The van der Waals surface area contributed by atoms with Crippen LogP contribution in [0.2, 0.25) is 5.02 Å². The zero-order valence-electron chi connectivity index (χ0n) is 16.3. The van der Waals surface area contributed by atoms with Gasteiger partial charge in [0.05, 0.1) is 5.02 Å². The molecule has 0 bridgehead atoms. The summed E-state index contributed by atoms with van der Waals surface area (Å²) >= 11 is 5.85. The molecule has 29 heavy (non-hydrogen) atoms. The van der Waals surface area contributed by atoms with Crippen molar-refractivity contribution < 1.29 is 4.39 Å². The zero-order chi connectivity index (χ0) is 20.8. The number of hydrogen-bond donors (Lipinski definition) is 3. The first-order chi connectivity index (χ1) is 13.9. The summed E-state index contributed by atoms with van der Waals surface area (Å²) in [6, 6.07) is 7.96. The average Bonchev–Trinajstić information content (AvgIpc) is 2.69. The fourth-order valence-corrected chi connectivity index (χ4v) is 2.84. The second-order valence-corrected chi connectivity index (χ2v) is 7.17. The van der Waals surface area contributed by atoms with Crippen LogP contribution in [0.25, 0.3) is 11.1 Å². The van der Waals surface area contributed by atoms with Gasteiger partial charge in [-0.25, -0.2) is 14.4 Å². The molecule has 0 aliphatic heterocycles. The Balaban J connectivity index is 1.85. The predicted octanol–water partition coefficient (Wildman–Crippen LogP) is 4.02. The number of halogens is 2. The van der Waals surface area contributed by atoms with E-state index in [9.17, 15) is 4.39 Å². The number of aromatic nitrogens is 3. The van der Waals surface area contributed by atoms with Crippen molar-refractivity contribution in [3.05, 3.63) is 53.6 Å². The van der Waals surface area contributed by atoms with Crippen molar-refractivity contribution in [1.29, 1.82) is 0 Å². The van der Waals surface area contributed by atoms with E-state index in [0.29, 0.717) is 23.3 Å². The lowest BCUT2D eigenvalue weighted by Gasteiger charge is -2.14. The highest BCUT2D eigenvalue weighted by Crippen LogP contribution is 2.28. The van der Waals surface area contributed by atoms with Gasteiger partial charge in [0.15, 0.2) is 0 Å². The van der Waals surface area contributed by atoms with E-state index >= 15 is 0 Å². The van der Waals surface area contributed by atoms with Crippen LogP contribution >= 0.6 is 11.6 Å². The van der Waals surface area contributed by atoms with E-state index in [2.05, 4.69) is 30.5 Å². The number of hydrogen-bond acceptors (Lipinski definition) is 7. The number of nitrogens with one attached hydrogen (secondary N) is 2. The van der Waals surface area contributed by atoms with Crippen LogP contribution in [0.15, 0.2) is 42.7 Å². The van der Waals surface area contributed by atoms with Crippen LogP contribution < -0.4 is 16.4 Å². The van der Waals surface area contributed by atoms with Crippen molar-refractivity contribution in [1.82, 2.24) is 19.9 Å². The average molecular weight is 416 g/mol. The van der Waals surface area contributed by atoms with Gasteiger partial charge in [-0.05, 0) is 57.4 Å². The number of nitrogen functional groups attached to an aromatic ring is 1. The molecule has 4 N–H and O–H groups in total. The molecule has 0 aliphatic carbocycles. The highest BCUT2D eigenvalue weighted by molar-refractivity contribution is 6.31. The topological polar surface area (TPSA) is 92.0 Å². The van der Waals surface area contributed by atoms with Gasteiger partial charge in [-0.1, -0.05) is 11.6 Å². The fraction of sp³-hybridized carbons (Fsp3) is 0.250. The molecule has 0 fully saturated rings. The molecule has 7 nitrogen and oxygen atoms in total. The quantitative estimate of drug-likeness (QED) is 0.478. The largest absolute Gasteiger partial charge is 0.384 e. The van der Waals surface area contributed by atoms with Gasteiger partial charge in [-0.2, -0.15) is 4.98 Å². The molecule has 0 aliphatic rings. The lowest BCUT2D eigenvalue weighted by Crippen LogP contribution is -2.17. The lowest BCUT2D eigenvalue weighted by molar-refractivity contribution is 0.405. The summed E-state index contributed by atoms with van der Waals surface area (Å²) in [4.78, 5) is 15.2. The smallest absolute Gasteiger partial charge is 0.229 e. The van der Waals surface area contributed by atoms with E-state index in [1.807, 2.05) is 20.2 Å². The third kappa shape index (κ3) is 5.75. The van der Waals surface area contributed by atoms with Gasteiger partial charge < -0.3 is 21.3 Å².